The monoisotopic (exact) mass is 1030 g/mol. The molecule has 4 aromatic rings. The molecule has 0 bridgehead atoms. The summed E-state index contributed by atoms with van der Waals surface area (Å²) in [5.41, 5.74) is 6.93. The van der Waals surface area contributed by atoms with Crippen LogP contribution in [-0.4, -0.2) is 145 Å². The molecule has 0 N–H and O–H groups in total. The summed E-state index contributed by atoms with van der Waals surface area (Å²) in [6.07, 6.45) is 9.94. The molecule has 16 nitrogen and oxygen atoms in total. The summed E-state index contributed by atoms with van der Waals surface area (Å²) in [6, 6.07) is 16.5. The van der Waals surface area contributed by atoms with Gasteiger partial charge in [-0.2, -0.15) is 0 Å². The maximum atomic E-state index is 12.9. The van der Waals surface area contributed by atoms with Crippen molar-refractivity contribution >= 4 is 11.9 Å². The van der Waals surface area contributed by atoms with Crippen LogP contribution in [0, 0.1) is 0 Å². The maximum Gasteiger partial charge on any atom is 0.306 e. The minimum Gasteiger partial charge on any atom is -0.493 e. The molecule has 16 heteroatoms. The van der Waals surface area contributed by atoms with Crippen molar-refractivity contribution in [1.82, 2.24) is 0 Å². The summed E-state index contributed by atoms with van der Waals surface area (Å²) < 4.78 is 69.8. The van der Waals surface area contributed by atoms with E-state index in [1.807, 2.05) is 36.4 Å². The zero-order valence-electron chi connectivity index (χ0n) is 45.9. The molecule has 0 radical (unpaired) electrons. The van der Waals surface area contributed by atoms with Crippen LogP contribution >= 0.6 is 0 Å². The van der Waals surface area contributed by atoms with Crippen molar-refractivity contribution in [2.75, 3.05) is 125 Å². The lowest BCUT2D eigenvalue weighted by atomic mass is 9.86. The van der Waals surface area contributed by atoms with Crippen molar-refractivity contribution in [2.24, 2.45) is 0 Å². The third kappa shape index (κ3) is 13.4. The first-order valence-corrected chi connectivity index (χ1v) is 25.5. The van der Waals surface area contributed by atoms with Gasteiger partial charge in [0, 0.05) is 62.5 Å². The molecule has 0 saturated carbocycles. The van der Waals surface area contributed by atoms with E-state index in [0.717, 1.165) is 59.1 Å². The zero-order chi connectivity index (χ0) is 53.4. The molecule has 0 saturated heterocycles. The number of ether oxygens (including phenoxy) is 12. The number of allylic oxidation sites excluding steroid dienone is 2. The standard InChI is InChI=1S/C58H80N2O14/c1-59(25-21-41-35-47(63-3)49(65-5)37-43(41)45(59)29-39-31-51(67-7)57(71-11)52(32-39)68-8)23-17-27-73-55(61)19-15-13-14-16-20-56(62)74-28-18-24-60(2)26-22-42-36-48(64-4)50(66-6)38-44(42)46(60)30-40-33-53(69-9)58(72-12)54(34-40)70-10/h13-14,31-38,45-46H,15-30H2,1-12H3/q+2/b14-13+/t45-,46-,59?,60?/m0/s1. The Morgan fingerprint density at radius 2 is 0.784 bits per heavy atom. The lowest BCUT2D eigenvalue weighted by Gasteiger charge is -2.46. The first kappa shape index (κ1) is 56.8. The van der Waals surface area contributed by atoms with Gasteiger partial charge in [0.15, 0.2) is 46.0 Å². The van der Waals surface area contributed by atoms with Crippen LogP contribution in [0.2, 0.25) is 0 Å². The normalized spacial score (nSPS) is 18.9. The zero-order valence-corrected chi connectivity index (χ0v) is 45.9. The summed E-state index contributed by atoms with van der Waals surface area (Å²) in [5.74, 6) is 5.81. The van der Waals surface area contributed by atoms with Gasteiger partial charge in [-0.1, -0.05) is 12.2 Å². The number of esters is 2. The Bertz CT molecular complexity index is 2340. The molecule has 0 fully saturated rings. The molecule has 0 aromatic heterocycles. The minimum absolute atomic E-state index is 0.0551. The highest BCUT2D eigenvalue weighted by molar-refractivity contribution is 5.70. The van der Waals surface area contributed by atoms with E-state index in [9.17, 15) is 9.59 Å². The van der Waals surface area contributed by atoms with Gasteiger partial charge in [-0.25, -0.2) is 0 Å². The highest BCUT2D eigenvalue weighted by Gasteiger charge is 2.42. The molecular formula is C58H80N2O14+2. The van der Waals surface area contributed by atoms with Crippen LogP contribution in [0.1, 0.15) is 84.0 Å². The van der Waals surface area contributed by atoms with Crippen LogP contribution in [-0.2, 0) is 44.7 Å². The first-order valence-electron chi connectivity index (χ1n) is 25.5. The van der Waals surface area contributed by atoms with Crippen LogP contribution in [0.25, 0.3) is 0 Å². The third-order valence-electron chi connectivity index (χ3n) is 15.0. The number of benzene rings is 4. The largest absolute Gasteiger partial charge is 0.493 e. The van der Waals surface area contributed by atoms with Gasteiger partial charge in [0.2, 0.25) is 11.5 Å². The molecular weight excluding hydrogens is 949 g/mol. The van der Waals surface area contributed by atoms with Crippen LogP contribution in [0.4, 0.5) is 0 Å². The topological polar surface area (TPSA) is 145 Å². The van der Waals surface area contributed by atoms with E-state index in [0.29, 0.717) is 109 Å². The summed E-state index contributed by atoms with van der Waals surface area (Å²) in [4.78, 5) is 25.7. The Balaban J connectivity index is 0.967. The molecule has 4 atom stereocenters. The minimum atomic E-state index is -0.246. The number of quaternary nitrogens is 2. The highest BCUT2D eigenvalue weighted by Crippen LogP contribution is 2.47. The Morgan fingerprint density at radius 1 is 0.459 bits per heavy atom. The van der Waals surface area contributed by atoms with Crippen molar-refractivity contribution in [3.05, 3.63) is 94.1 Å². The van der Waals surface area contributed by atoms with Crippen LogP contribution < -0.4 is 47.4 Å². The summed E-state index contributed by atoms with van der Waals surface area (Å²) >= 11 is 0. The fraction of sp³-hybridized carbons (Fsp3) is 0.517. The van der Waals surface area contributed by atoms with Gasteiger partial charge in [-0.3, -0.25) is 9.59 Å². The molecule has 2 aliphatic rings. The van der Waals surface area contributed by atoms with Crippen molar-refractivity contribution in [3.63, 3.8) is 0 Å². The summed E-state index contributed by atoms with van der Waals surface area (Å²) in [5, 5.41) is 0. The summed E-state index contributed by atoms with van der Waals surface area (Å²) in [6.45, 7) is 4.02. The van der Waals surface area contributed by atoms with Gasteiger partial charge in [-0.15, -0.1) is 0 Å². The predicted octanol–water partition coefficient (Wildman–Crippen LogP) is 9.03. The van der Waals surface area contributed by atoms with E-state index in [1.54, 1.807) is 71.1 Å². The number of likely N-dealkylation sites (N-methyl/N-ethyl adjacent to an activating group) is 2. The van der Waals surface area contributed by atoms with E-state index in [2.05, 4.69) is 38.4 Å². The number of carbonyl (C=O) groups excluding carboxylic acids is 2. The van der Waals surface area contributed by atoms with Crippen molar-refractivity contribution in [3.8, 4) is 57.5 Å². The maximum absolute atomic E-state index is 12.9. The predicted molar refractivity (Wildman–Crippen MR) is 282 cm³/mol. The Labute approximate surface area is 438 Å². The quantitative estimate of drug-likeness (QED) is 0.0231. The fourth-order valence-corrected chi connectivity index (χ4v) is 10.8. The van der Waals surface area contributed by atoms with Crippen molar-refractivity contribution < 1.29 is 75.4 Å². The second-order valence-corrected chi connectivity index (χ2v) is 19.4. The molecule has 74 heavy (non-hydrogen) atoms. The second-order valence-electron chi connectivity index (χ2n) is 19.4. The fourth-order valence-electron chi connectivity index (χ4n) is 10.8. The molecule has 0 amide bonds. The number of nitrogens with zero attached hydrogens (tertiary/aromatic N) is 2. The Hall–Kier alpha value is -6.52. The Morgan fingerprint density at radius 3 is 1.09 bits per heavy atom. The first-order chi connectivity index (χ1) is 35.7. The average molecular weight is 1030 g/mol. The van der Waals surface area contributed by atoms with E-state index in [1.165, 1.54) is 22.3 Å². The van der Waals surface area contributed by atoms with E-state index >= 15 is 0 Å². The molecule has 4 aromatic carbocycles. The number of fused-ring (bicyclic) bond motifs is 2. The highest BCUT2D eigenvalue weighted by atomic mass is 16.6. The number of methoxy groups -OCH3 is 10. The molecule has 2 unspecified atom stereocenters. The van der Waals surface area contributed by atoms with E-state index < -0.39 is 0 Å². The molecule has 2 aliphatic heterocycles. The number of hydrogen-bond donors (Lipinski definition) is 0. The number of hydrogen-bond acceptors (Lipinski definition) is 14. The second kappa shape index (κ2) is 26.6. The smallest absolute Gasteiger partial charge is 0.306 e. The van der Waals surface area contributed by atoms with Gasteiger partial charge in [-0.05, 0) is 83.6 Å². The van der Waals surface area contributed by atoms with Gasteiger partial charge in [0.1, 0.15) is 12.1 Å². The van der Waals surface area contributed by atoms with Crippen molar-refractivity contribution in [1.29, 1.82) is 0 Å². The molecule has 0 aliphatic carbocycles. The number of rotatable bonds is 28. The van der Waals surface area contributed by atoms with Crippen LogP contribution in [0.15, 0.2) is 60.7 Å². The Kier molecular flexibility index (Phi) is 20.4. The van der Waals surface area contributed by atoms with Gasteiger partial charge >= 0.3 is 11.9 Å². The molecule has 404 valence electrons. The SMILES string of the molecule is COc1cc2c(cc1OC)[C@H](Cc1cc(OC)c(OC)c(OC)c1)[N+](C)(CCCOC(=O)CC/C=C/CCC(=O)OCCC[N+]1(C)CCc3cc(OC)c(OC)cc3[C@@H]1Cc1cc(OC)c(OC)c(OC)c1)CC2. The summed E-state index contributed by atoms with van der Waals surface area (Å²) in [7, 11) is 20.9. The lowest BCUT2D eigenvalue weighted by molar-refractivity contribution is -0.941. The van der Waals surface area contributed by atoms with Gasteiger partial charge < -0.3 is 65.8 Å². The average Bonchev–Trinajstić information content (AvgIpc) is 3.42. The van der Waals surface area contributed by atoms with Crippen molar-refractivity contribution in [2.45, 2.75) is 76.3 Å². The lowest BCUT2D eigenvalue weighted by Crippen LogP contribution is -2.52. The van der Waals surface area contributed by atoms with Gasteiger partial charge in [0.25, 0.3) is 0 Å². The van der Waals surface area contributed by atoms with Crippen LogP contribution in [0.3, 0.4) is 0 Å². The van der Waals surface area contributed by atoms with Gasteiger partial charge in [0.05, 0.1) is 125 Å². The molecule has 6 rings (SSSR count). The number of carbonyl (C=O) groups is 2. The van der Waals surface area contributed by atoms with E-state index in [4.69, 9.17) is 56.8 Å². The van der Waals surface area contributed by atoms with E-state index in [-0.39, 0.29) is 36.9 Å². The molecule has 2 heterocycles. The van der Waals surface area contributed by atoms with Crippen LogP contribution in [0.5, 0.6) is 57.5 Å². The molecule has 0 spiro atoms. The third-order valence-corrected chi connectivity index (χ3v) is 15.0.